The molecule has 0 aromatic rings. The summed E-state index contributed by atoms with van der Waals surface area (Å²) in [7, 11) is 0. The van der Waals surface area contributed by atoms with Crippen molar-refractivity contribution in [2.24, 2.45) is 5.73 Å². The number of nitrogens with two attached hydrogens (primary N) is 1. The molecule has 11 heavy (non-hydrogen) atoms. The van der Waals surface area contributed by atoms with Crippen LogP contribution in [0.5, 0.6) is 0 Å². The van der Waals surface area contributed by atoms with Gasteiger partial charge in [0.1, 0.15) is 0 Å². The molecule has 1 rings (SSSR count). The molecule has 0 saturated heterocycles. The van der Waals surface area contributed by atoms with Gasteiger partial charge in [0.15, 0.2) is 5.96 Å². The Kier molecular flexibility index (Phi) is 4.07. The zero-order chi connectivity index (χ0) is 7.40. The molecule has 0 aliphatic carbocycles. The second kappa shape index (κ2) is 4.57. The van der Waals surface area contributed by atoms with Gasteiger partial charge >= 0.3 is 0 Å². The first kappa shape index (κ1) is 9.78. The standard InChI is InChI=1S/C7H9N3.ClH/c8-7(9)10-5-3-1-2-4-6-10;/h1-6H,(H3,8,9);1H. The van der Waals surface area contributed by atoms with E-state index in [1.807, 2.05) is 24.3 Å². The summed E-state index contributed by atoms with van der Waals surface area (Å²) in [6, 6.07) is 0. The highest BCUT2D eigenvalue weighted by Crippen LogP contribution is 1.95. The molecule has 3 nitrogen and oxygen atoms in total. The van der Waals surface area contributed by atoms with E-state index < -0.39 is 0 Å². The van der Waals surface area contributed by atoms with Gasteiger partial charge in [0, 0.05) is 12.4 Å². The molecule has 0 atom stereocenters. The van der Waals surface area contributed by atoms with Crippen LogP contribution in [0.2, 0.25) is 0 Å². The fourth-order valence-corrected chi connectivity index (χ4v) is 0.623. The first-order valence-corrected chi connectivity index (χ1v) is 2.95. The number of halogens is 1. The van der Waals surface area contributed by atoms with E-state index in [0.29, 0.717) is 0 Å². The monoisotopic (exact) mass is 171 g/mol. The van der Waals surface area contributed by atoms with Crippen LogP contribution in [-0.4, -0.2) is 10.9 Å². The summed E-state index contributed by atoms with van der Waals surface area (Å²) in [5, 5.41) is 7.06. The van der Waals surface area contributed by atoms with Crippen LogP contribution in [0.1, 0.15) is 0 Å². The smallest absolute Gasteiger partial charge is 0.196 e. The van der Waals surface area contributed by atoms with E-state index in [0.717, 1.165) is 0 Å². The Bertz CT molecular complexity index is 202. The van der Waals surface area contributed by atoms with Crippen molar-refractivity contribution in [3.05, 3.63) is 36.7 Å². The van der Waals surface area contributed by atoms with E-state index in [2.05, 4.69) is 0 Å². The molecular weight excluding hydrogens is 162 g/mol. The van der Waals surface area contributed by atoms with Crippen molar-refractivity contribution in [3.63, 3.8) is 0 Å². The van der Waals surface area contributed by atoms with Gasteiger partial charge < -0.3 is 5.73 Å². The number of nitrogens with one attached hydrogen (secondary N) is 1. The lowest BCUT2D eigenvalue weighted by Gasteiger charge is -2.09. The van der Waals surface area contributed by atoms with Crippen LogP contribution in [0.15, 0.2) is 36.7 Å². The molecule has 0 saturated carbocycles. The molecule has 0 amide bonds. The van der Waals surface area contributed by atoms with Gasteiger partial charge in [-0.05, 0) is 12.2 Å². The summed E-state index contributed by atoms with van der Waals surface area (Å²) < 4.78 is 0. The summed E-state index contributed by atoms with van der Waals surface area (Å²) in [5.74, 6) is 0.0243. The highest BCUT2D eigenvalue weighted by Gasteiger charge is 1.95. The minimum absolute atomic E-state index is 0. The molecule has 1 aliphatic rings. The topological polar surface area (TPSA) is 53.1 Å². The molecule has 0 aromatic heterocycles. The molecule has 0 fully saturated rings. The molecule has 1 aliphatic heterocycles. The lowest BCUT2D eigenvalue weighted by molar-refractivity contribution is 0.741. The Morgan fingerprint density at radius 2 is 1.55 bits per heavy atom. The van der Waals surface area contributed by atoms with E-state index in [1.54, 1.807) is 12.4 Å². The lowest BCUT2D eigenvalue weighted by atomic mass is 10.5. The predicted octanol–water partition coefficient (Wildman–Crippen LogP) is 1.20. The second-order valence-electron chi connectivity index (χ2n) is 1.86. The fraction of sp³-hybridized carbons (Fsp3) is 0. The number of nitrogens with zero attached hydrogens (tertiary/aromatic N) is 1. The van der Waals surface area contributed by atoms with Gasteiger partial charge in [-0.25, -0.2) is 0 Å². The number of allylic oxidation sites excluding steroid dienone is 4. The average molecular weight is 172 g/mol. The van der Waals surface area contributed by atoms with Gasteiger partial charge in [0.05, 0.1) is 0 Å². The third-order valence-electron chi connectivity index (χ3n) is 1.10. The van der Waals surface area contributed by atoms with Gasteiger partial charge in [-0.15, -0.1) is 12.4 Å². The summed E-state index contributed by atoms with van der Waals surface area (Å²) >= 11 is 0. The van der Waals surface area contributed by atoms with Gasteiger partial charge in [-0.3, -0.25) is 10.3 Å². The quantitative estimate of drug-likeness (QED) is 0.425. The number of hydrogen-bond donors (Lipinski definition) is 2. The molecule has 60 valence electrons. The van der Waals surface area contributed by atoms with Crippen molar-refractivity contribution in [3.8, 4) is 0 Å². The Hall–Kier alpha value is -1.22. The fourth-order valence-electron chi connectivity index (χ4n) is 0.623. The lowest BCUT2D eigenvalue weighted by Crippen LogP contribution is -2.26. The third-order valence-corrected chi connectivity index (χ3v) is 1.10. The van der Waals surface area contributed by atoms with E-state index in [9.17, 15) is 0 Å². The molecule has 0 bridgehead atoms. The van der Waals surface area contributed by atoms with Crippen LogP contribution in [0.25, 0.3) is 0 Å². The molecule has 0 spiro atoms. The minimum Gasteiger partial charge on any atom is -0.369 e. The van der Waals surface area contributed by atoms with Crippen molar-refractivity contribution in [1.82, 2.24) is 4.90 Å². The Morgan fingerprint density at radius 1 is 1.09 bits per heavy atom. The zero-order valence-corrected chi connectivity index (χ0v) is 6.71. The Morgan fingerprint density at radius 3 is 1.91 bits per heavy atom. The maximum Gasteiger partial charge on any atom is 0.196 e. The van der Waals surface area contributed by atoms with Gasteiger partial charge in [0.2, 0.25) is 0 Å². The van der Waals surface area contributed by atoms with Gasteiger partial charge in [-0.1, -0.05) is 12.2 Å². The Labute approximate surface area is 71.8 Å². The average Bonchev–Trinajstić information content (AvgIpc) is 2.12. The molecule has 0 radical (unpaired) electrons. The minimum atomic E-state index is 0. The van der Waals surface area contributed by atoms with Crippen LogP contribution in [0, 0.1) is 5.41 Å². The van der Waals surface area contributed by atoms with E-state index in [4.69, 9.17) is 11.1 Å². The largest absolute Gasteiger partial charge is 0.369 e. The highest BCUT2D eigenvalue weighted by molar-refractivity contribution is 5.85. The van der Waals surface area contributed by atoms with Crippen LogP contribution in [0.4, 0.5) is 0 Å². The maximum atomic E-state index is 7.06. The van der Waals surface area contributed by atoms with Crippen molar-refractivity contribution in [2.45, 2.75) is 0 Å². The summed E-state index contributed by atoms with van der Waals surface area (Å²) in [6.07, 6.45) is 10.8. The first-order valence-electron chi connectivity index (χ1n) is 2.95. The van der Waals surface area contributed by atoms with Crippen LogP contribution < -0.4 is 5.73 Å². The second-order valence-corrected chi connectivity index (χ2v) is 1.86. The number of rotatable bonds is 0. The third kappa shape index (κ3) is 2.91. The zero-order valence-electron chi connectivity index (χ0n) is 5.90. The molecule has 1 heterocycles. The summed E-state index contributed by atoms with van der Waals surface area (Å²) in [6.45, 7) is 0. The van der Waals surface area contributed by atoms with Gasteiger partial charge in [0.25, 0.3) is 0 Å². The molecule has 0 unspecified atom stereocenters. The number of hydrogen-bond acceptors (Lipinski definition) is 1. The van der Waals surface area contributed by atoms with E-state index in [1.165, 1.54) is 4.90 Å². The van der Waals surface area contributed by atoms with Crippen LogP contribution >= 0.6 is 12.4 Å². The van der Waals surface area contributed by atoms with Crippen LogP contribution in [0.3, 0.4) is 0 Å². The van der Waals surface area contributed by atoms with Crippen molar-refractivity contribution < 1.29 is 0 Å². The first-order chi connectivity index (χ1) is 4.80. The maximum absolute atomic E-state index is 7.06. The molecule has 4 heteroatoms. The van der Waals surface area contributed by atoms with E-state index in [-0.39, 0.29) is 18.4 Å². The SMILES string of the molecule is Cl.N=C(N)N1C=CC=CC=C1. The molecule has 0 aromatic carbocycles. The number of guanidine groups is 1. The normalized spacial score (nSPS) is 14.0. The van der Waals surface area contributed by atoms with Crippen molar-refractivity contribution in [2.75, 3.05) is 0 Å². The van der Waals surface area contributed by atoms with E-state index >= 15 is 0 Å². The molecular formula is C7H10ClN3. The van der Waals surface area contributed by atoms with Crippen molar-refractivity contribution >= 4 is 18.4 Å². The van der Waals surface area contributed by atoms with Gasteiger partial charge in [-0.2, -0.15) is 0 Å². The summed E-state index contributed by atoms with van der Waals surface area (Å²) in [5.41, 5.74) is 5.22. The summed E-state index contributed by atoms with van der Waals surface area (Å²) in [4.78, 5) is 1.53. The predicted molar refractivity (Wildman–Crippen MR) is 48.4 cm³/mol. The van der Waals surface area contributed by atoms with Crippen molar-refractivity contribution in [1.29, 1.82) is 5.41 Å². The molecule has 3 N–H and O–H groups in total. The highest BCUT2D eigenvalue weighted by atomic mass is 35.5. The Balaban J connectivity index is 0.000001000. The van der Waals surface area contributed by atoms with Crippen LogP contribution in [-0.2, 0) is 0 Å².